The van der Waals surface area contributed by atoms with E-state index in [9.17, 15) is 4.79 Å². The standard InChI is InChI=1S/C19H27N7O/c1-12-13(2)23-17(19(27)20-3)24-18(12)25-8-6-14(11-25)21-9-15-10-22-16-5-4-7-26(15)16/h10,14,21H,4-9,11H2,1-3H3,(H,20,27)/t14-/m1/s1. The van der Waals surface area contributed by atoms with Gasteiger partial charge in [-0.1, -0.05) is 0 Å². The summed E-state index contributed by atoms with van der Waals surface area (Å²) in [5, 5.41) is 6.28. The second-order valence-electron chi connectivity index (χ2n) is 7.39. The number of imidazole rings is 1. The van der Waals surface area contributed by atoms with Crippen LogP contribution in [0.25, 0.3) is 0 Å². The third-order valence-electron chi connectivity index (χ3n) is 5.66. The number of aryl methyl sites for hydroxylation is 2. The molecule has 0 saturated carbocycles. The lowest BCUT2D eigenvalue weighted by molar-refractivity contribution is 0.0952. The smallest absolute Gasteiger partial charge is 0.288 e. The lowest BCUT2D eigenvalue weighted by atomic mass is 10.2. The molecule has 2 aromatic heterocycles. The van der Waals surface area contributed by atoms with Gasteiger partial charge in [-0.2, -0.15) is 0 Å². The van der Waals surface area contributed by atoms with Gasteiger partial charge in [0.2, 0.25) is 5.82 Å². The highest BCUT2D eigenvalue weighted by Gasteiger charge is 2.26. The van der Waals surface area contributed by atoms with Crippen molar-refractivity contribution in [3.63, 3.8) is 0 Å². The van der Waals surface area contributed by atoms with Gasteiger partial charge in [0.05, 0.1) is 5.69 Å². The van der Waals surface area contributed by atoms with Crippen molar-refractivity contribution in [2.24, 2.45) is 0 Å². The Balaban J connectivity index is 1.43. The molecule has 0 aromatic carbocycles. The minimum Gasteiger partial charge on any atom is -0.355 e. The first-order valence-electron chi connectivity index (χ1n) is 9.65. The summed E-state index contributed by atoms with van der Waals surface area (Å²) in [6.07, 6.45) is 5.35. The Morgan fingerprint density at radius 2 is 2.15 bits per heavy atom. The van der Waals surface area contributed by atoms with Crippen molar-refractivity contribution in [2.75, 3.05) is 25.0 Å². The van der Waals surface area contributed by atoms with E-state index in [-0.39, 0.29) is 11.7 Å². The topological polar surface area (TPSA) is 88.0 Å². The van der Waals surface area contributed by atoms with Gasteiger partial charge >= 0.3 is 0 Å². The first-order chi connectivity index (χ1) is 13.1. The number of aromatic nitrogens is 4. The van der Waals surface area contributed by atoms with Crippen molar-refractivity contribution >= 4 is 11.7 Å². The van der Waals surface area contributed by atoms with E-state index in [2.05, 4.69) is 35.1 Å². The minimum atomic E-state index is -0.247. The SMILES string of the molecule is CNC(=O)c1nc(C)c(C)c(N2CC[C@@H](NCc3cnc4n3CCC4)C2)n1. The molecule has 0 bridgehead atoms. The maximum Gasteiger partial charge on any atom is 0.288 e. The fraction of sp³-hybridized carbons (Fsp3) is 0.579. The van der Waals surface area contributed by atoms with Gasteiger partial charge < -0.3 is 20.1 Å². The molecular weight excluding hydrogens is 342 g/mol. The van der Waals surface area contributed by atoms with Gasteiger partial charge in [-0.25, -0.2) is 15.0 Å². The summed E-state index contributed by atoms with van der Waals surface area (Å²) in [7, 11) is 1.60. The van der Waals surface area contributed by atoms with Gasteiger partial charge in [-0.3, -0.25) is 4.79 Å². The van der Waals surface area contributed by atoms with E-state index in [1.165, 1.54) is 17.9 Å². The van der Waals surface area contributed by atoms with Crippen molar-refractivity contribution in [3.05, 3.63) is 34.8 Å². The molecule has 8 nitrogen and oxygen atoms in total. The Hall–Kier alpha value is -2.48. The number of nitrogens with one attached hydrogen (secondary N) is 2. The average molecular weight is 369 g/mol. The van der Waals surface area contributed by atoms with Gasteiger partial charge in [0.1, 0.15) is 11.6 Å². The second kappa shape index (κ2) is 7.26. The summed E-state index contributed by atoms with van der Waals surface area (Å²) in [6, 6.07) is 0.399. The molecular formula is C19H27N7O. The van der Waals surface area contributed by atoms with E-state index in [0.717, 1.165) is 56.1 Å². The van der Waals surface area contributed by atoms with Gasteiger partial charge in [-0.15, -0.1) is 0 Å². The number of nitrogens with zero attached hydrogens (tertiary/aromatic N) is 5. The van der Waals surface area contributed by atoms with Gasteiger partial charge in [-0.05, 0) is 26.7 Å². The fourth-order valence-electron chi connectivity index (χ4n) is 3.97. The van der Waals surface area contributed by atoms with Gasteiger partial charge in [0.25, 0.3) is 5.91 Å². The van der Waals surface area contributed by atoms with E-state index >= 15 is 0 Å². The van der Waals surface area contributed by atoms with Crippen LogP contribution in [0.15, 0.2) is 6.20 Å². The number of hydrogen-bond acceptors (Lipinski definition) is 6. The molecule has 2 aliphatic rings. The molecule has 2 aromatic rings. The van der Waals surface area contributed by atoms with Crippen LogP contribution in [0.5, 0.6) is 0 Å². The highest BCUT2D eigenvalue weighted by atomic mass is 16.2. The van der Waals surface area contributed by atoms with Crippen LogP contribution in [-0.2, 0) is 19.5 Å². The van der Waals surface area contributed by atoms with Crippen LogP contribution >= 0.6 is 0 Å². The van der Waals surface area contributed by atoms with E-state index in [1.54, 1.807) is 7.05 Å². The number of fused-ring (bicyclic) bond motifs is 1. The van der Waals surface area contributed by atoms with E-state index in [4.69, 9.17) is 0 Å². The van der Waals surface area contributed by atoms with Crippen molar-refractivity contribution in [3.8, 4) is 0 Å². The third-order valence-corrected chi connectivity index (χ3v) is 5.66. The fourth-order valence-corrected chi connectivity index (χ4v) is 3.97. The van der Waals surface area contributed by atoms with Crippen LogP contribution in [0.4, 0.5) is 5.82 Å². The summed E-state index contributed by atoms with van der Waals surface area (Å²) in [5.74, 6) is 2.08. The van der Waals surface area contributed by atoms with E-state index in [0.29, 0.717) is 6.04 Å². The van der Waals surface area contributed by atoms with Crippen LogP contribution in [0, 0.1) is 13.8 Å². The summed E-state index contributed by atoms with van der Waals surface area (Å²) in [5.41, 5.74) is 3.17. The molecule has 0 aliphatic carbocycles. The molecule has 27 heavy (non-hydrogen) atoms. The molecule has 4 rings (SSSR count). The first kappa shape index (κ1) is 17.9. The van der Waals surface area contributed by atoms with Crippen LogP contribution in [0.1, 0.15) is 46.2 Å². The zero-order valence-corrected chi connectivity index (χ0v) is 16.2. The minimum absolute atomic E-state index is 0.238. The summed E-state index contributed by atoms with van der Waals surface area (Å²) in [6.45, 7) is 7.69. The average Bonchev–Trinajstić information content (AvgIpc) is 3.38. The number of hydrogen-bond donors (Lipinski definition) is 2. The summed E-state index contributed by atoms with van der Waals surface area (Å²) >= 11 is 0. The lowest BCUT2D eigenvalue weighted by Gasteiger charge is -2.21. The normalized spacial score (nSPS) is 18.8. The zero-order chi connectivity index (χ0) is 19.0. The monoisotopic (exact) mass is 369 g/mol. The van der Waals surface area contributed by atoms with Crippen LogP contribution in [-0.4, -0.2) is 51.6 Å². The summed E-state index contributed by atoms with van der Waals surface area (Å²) < 4.78 is 2.34. The van der Waals surface area contributed by atoms with Crippen LogP contribution < -0.4 is 15.5 Å². The molecule has 8 heteroatoms. The first-order valence-corrected chi connectivity index (χ1v) is 9.65. The van der Waals surface area contributed by atoms with Crippen molar-refractivity contribution in [2.45, 2.75) is 52.2 Å². The zero-order valence-electron chi connectivity index (χ0n) is 16.2. The number of carbonyl (C=O) groups is 1. The number of carbonyl (C=O) groups excluding carboxylic acids is 1. The number of amides is 1. The molecule has 144 valence electrons. The van der Waals surface area contributed by atoms with Gasteiger partial charge in [0.15, 0.2) is 0 Å². The Bertz CT molecular complexity index is 860. The lowest BCUT2D eigenvalue weighted by Crippen LogP contribution is -2.33. The molecule has 4 heterocycles. The molecule has 1 fully saturated rings. The quantitative estimate of drug-likeness (QED) is 0.816. The molecule has 0 radical (unpaired) electrons. The molecule has 1 saturated heterocycles. The molecule has 1 atom stereocenters. The molecule has 0 spiro atoms. The predicted molar refractivity (Wildman–Crippen MR) is 103 cm³/mol. The Morgan fingerprint density at radius 3 is 2.96 bits per heavy atom. The Kier molecular flexibility index (Phi) is 4.82. The van der Waals surface area contributed by atoms with Crippen molar-refractivity contribution < 1.29 is 4.79 Å². The Labute approximate surface area is 159 Å². The third kappa shape index (κ3) is 3.41. The molecule has 2 aliphatic heterocycles. The maximum absolute atomic E-state index is 12.0. The summed E-state index contributed by atoms with van der Waals surface area (Å²) in [4.78, 5) is 27.6. The number of rotatable bonds is 5. The van der Waals surface area contributed by atoms with Crippen LogP contribution in [0.2, 0.25) is 0 Å². The van der Waals surface area contributed by atoms with E-state index < -0.39 is 0 Å². The highest BCUT2D eigenvalue weighted by Crippen LogP contribution is 2.24. The highest BCUT2D eigenvalue weighted by molar-refractivity contribution is 5.90. The molecule has 2 N–H and O–H groups in total. The van der Waals surface area contributed by atoms with E-state index in [1.807, 2.05) is 20.0 Å². The molecule has 1 amide bonds. The van der Waals surface area contributed by atoms with Crippen molar-refractivity contribution in [1.29, 1.82) is 0 Å². The maximum atomic E-state index is 12.0. The molecule has 0 unspecified atom stereocenters. The largest absolute Gasteiger partial charge is 0.355 e. The number of anilines is 1. The second-order valence-corrected chi connectivity index (χ2v) is 7.39. The predicted octanol–water partition coefficient (Wildman–Crippen LogP) is 0.964. The van der Waals surface area contributed by atoms with Gasteiger partial charge in [0, 0.05) is 63.1 Å². The van der Waals surface area contributed by atoms with Crippen LogP contribution in [0.3, 0.4) is 0 Å². The Morgan fingerprint density at radius 1 is 1.30 bits per heavy atom. The van der Waals surface area contributed by atoms with Crippen molar-refractivity contribution in [1.82, 2.24) is 30.2 Å².